The third kappa shape index (κ3) is 3.70. The van der Waals surface area contributed by atoms with E-state index in [2.05, 4.69) is 29.5 Å². The zero-order valence-electron chi connectivity index (χ0n) is 8.41. The van der Waals surface area contributed by atoms with Gasteiger partial charge in [-0.1, -0.05) is 29.5 Å². The summed E-state index contributed by atoms with van der Waals surface area (Å²) in [5.74, 6) is 0.0665. The van der Waals surface area contributed by atoms with Crippen LogP contribution >= 0.6 is 22.6 Å². The smallest absolute Gasteiger partial charge is 0.239 e. The summed E-state index contributed by atoms with van der Waals surface area (Å²) in [6.07, 6.45) is 0.747. The Morgan fingerprint density at radius 1 is 1.57 bits per heavy atom. The van der Waals surface area contributed by atoms with Gasteiger partial charge in [0, 0.05) is 17.0 Å². The van der Waals surface area contributed by atoms with E-state index in [1.165, 1.54) is 0 Å². The van der Waals surface area contributed by atoms with Crippen LogP contribution in [0.4, 0.5) is 0 Å². The van der Waals surface area contributed by atoms with Gasteiger partial charge in [-0.2, -0.15) is 0 Å². The summed E-state index contributed by atoms with van der Waals surface area (Å²) in [4.78, 5) is 13.6. The standard InChI is InChI=1S/C9H17IN2O2/c1-7(10)6-8(11)9(13)12-2-4-14-5-3-12/h7-8H,2-6,11H2,1H3/t7?,8-/m0/s1. The molecule has 1 rings (SSSR count). The highest BCUT2D eigenvalue weighted by Crippen LogP contribution is 2.09. The number of ether oxygens (including phenoxy) is 1. The first kappa shape index (κ1) is 12.2. The van der Waals surface area contributed by atoms with Crippen molar-refractivity contribution in [3.8, 4) is 0 Å². The monoisotopic (exact) mass is 312 g/mol. The molecule has 82 valence electrons. The molecule has 14 heavy (non-hydrogen) atoms. The topological polar surface area (TPSA) is 55.6 Å². The Hall–Kier alpha value is 0.120. The van der Waals surface area contributed by atoms with Crippen LogP contribution in [0.5, 0.6) is 0 Å². The number of morpholine rings is 1. The predicted octanol–water partition coefficient (Wildman–Crippen LogP) is 0.386. The van der Waals surface area contributed by atoms with E-state index in [0.29, 0.717) is 30.2 Å². The molecule has 0 spiro atoms. The molecule has 1 amide bonds. The van der Waals surface area contributed by atoms with Crippen molar-refractivity contribution in [1.29, 1.82) is 0 Å². The fourth-order valence-corrected chi connectivity index (χ4v) is 2.02. The molecule has 1 unspecified atom stereocenters. The normalized spacial score (nSPS) is 21.8. The van der Waals surface area contributed by atoms with Crippen LogP contribution in [0.2, 0.25) is 0 Å². The fraction of sp³-hybridized carbons (Fsp3) is 0.889. The van der Waals surface area contributed by atoms with E-state index >= 15 is 0 Å². The lowest BCUT2D eigenvalue weighted by Crippen LogP contribution is -2.49. The first-order chi connectivity index (χ1) is 6.61. The summed E-state index contributed by atoms with van der Waals surface area (Å²) in [5, 5.41) is 0. The van der Waals surface area contributed by atoms with Crippen LogP contribution in [0, 0.1) is 0 Å². The Morgan fingerprint density at radius 3 is 2.64 bits per heavy atom. The Bertz CT molecular complexity index is 193. The molecule has 0 bridgehead atoms. The van der Waals surface area contributed by atoms with Crippen molar-refractivity contribution in [3.05, 3.63) is 0 Å². The van der Waals surface area contributed by atoms with Crippen LogP contribution in [-0.2, 0) is 9.53 Å². The number of halogens is 1. The number of carbonyl (C=O) groups is 1. The van der Waals surface area contributed by atoms with Crippen molar-refractivity contribution in [2.24, 2.45) is 5.73 Å². The molecule has 0 aromatic carbocycles. The van der Waals surface area contributed by atoms with Crippen molar-refractivity contribution in [1.82, 2.24) is 4.90 Å². The Balaban J connectivity index is 2.38. The summed E-state index contributed by atoms with van der Waals surface area (Å²) in [7, 11) is 0. The second-order valence-electron chi connectivity index (χ2n) is 3.56. The highest BCUT2D eigenvalue weighted by molar-refractivity contribution is 14.1. The van der Waals surface area contributed by atoms with Crippen molar-refractivity contribution in [2.45, 2.75) is 23.3 Å². The van der Waals surface area contributed by atoms with E-state index in [1.807, 2.05) is 0 Å². The Kier molecular flexibility index (Phi) is 5.11. The average Bonchev–Trinajstić information content (AvgIpc) is 2.17. The second kappa shape index (κ2) is 5.87. The van der Waals surface area contributed by atoms with E-state index in [4.69, 9.17) is 10.5 Å². The van der Waals surface area contributed by atoms with Crippen LogP contribution in [-0.4, -0.2) is 47.1 Å². The van der Waals surface area contributed by atoms with E-state index in [9.17, 15) is 4.79 Å². The maximum absolute atomic E-state index is 11.8. The number of rotatable bonds is 3. The molecule has 0 aromatic rings. The van der Waals surface area contributed by atoms with E-state index in [1.54, 1.807) is 4.90 Å². The van der Waals surface area contributed by atoms with Gasteiger partial charge >= 0.3 is 0 Å². The number of carbonyl (C=O) groups excluding carboxylic acids is 1. The third-order valence-electron chi connectivity index (χ3n) is 2.22. The molecule has 0 saturated carbocycles. The summed E-state index contributed by atoms with van der Waals surface area (Å²) < 4.78 is 5.61. The van der Waals surface area contributed by atoms with E-state index in [-0.39, 0.29) is 11.9 Å². The molecule has 1 fully saturated rings. The molecule has 0 aliphatic carbocycles. The van der Waals surface area contributed by atoms with Crippen LogP contribution < -0.4 is 5.73 Å². The number of alkyl halides is 1. The molecule has 5 heteroatoms. The molecule has 2 atom stereocenters. The highest BCUT2D eigenvalue weighted by Gasteiger charge is 2.23. The summed E-state index contributed by atoms with van der Waals surface area (Å²) in [5.41, 5.74) is 5.81. The molecule has 1 aliphatic heterocycles. The van der Waals surface area contributed by atoms with Gasteiger partial charge in [0.2, 0.25) is 5.91 Å². The van der Waals surface area contributed by atoms with Crippen molar-refractivity contribution >= 4 is 28.5 Å². The van der Waals surface area contributed by atoms with Gasteiger partial charge in [0.05, 0.1) is 19.3 Å². The summed E-state index contributed by atoms with van der Waals surface area (Å²) >= 11 is 2.29. The van der Waals surface area contributed by atoms with Crippen LogP contribution in [0.15, 0.2) is 0 Å². The van der Waals surface area contributed by atoms with Gasteiger partial charge in [-0.25, -0.2) is 0 Å². The lowest BCUT2D eigenvalue weighted by Gasteiger charge is -2.29. The third-order valence-corrected chi connectivity index (χ3v) is 2.73. The molecular formula is C9H17IN2O2. The van der Waals surface area contributed by atoms with Gasteiger partial charge in [-0.05, 0) is 6.42 Å². The second-order valence-corrected chi connectivity index (χ2v) is 5.69. The molecule has 0 aromatic heterocycles. The fourth-order valence-electron chi connectivity index (χ4n) is 1.47. The summed E-state index contributed by atoms with van der Waals surface area (Å²) in [6.45, 7) is 4.70. The zero-order chi connectivity index (χ0) is 10.6. The first-order valence-corrected chi connectivity index (χ1v) is 6.12. The number of nitrogens with two attached hydrogens (primary N) is 1. The maximum atomic E-state index is 11.8. The molecule has 1 saturated heterocycles. The molecule has 2 N–H and O–H groups in total. The van der Waals surface area contributed by atoms with Crippen molar-refractivity contribution in [3.63, 3.8) is 0 Å². The lowest BCUT2D eigenvalue weighted by molar-refractivity contribution is -0.136. The highest BCUT2D eigenvalue weighted by atomic mass is 127. The SMILES string of the molecule is CC(I)C[C@H](N)C(=O)N1CCOCC1. The van der Waals surface area contributed by atoms with Gasteiger partial charge in [-0.3, -0.25) is 4.79 Å². The quantitative estimate of drug-likeness (QED) is 0.606. The number of nitrogens with zero attached hydrogens (tertiary/aromatic N) is 1. The van der Waals surface area contributed by atoms with Crippen LogP contribution in [0.25, 0.3) is 0 Å². The zero-order valence-corrected chi connectivity index (χ0v) is 10.6. The number of amides is 1. The van der Waals surface area contributed by atoms with Crippen LogP contribution in [0.3, 0.4) is 0 Å². The minimum absolute atomic E-state index is 0.0665. The van der Waals surface area contributed by atoms with Gasteiger partial charge in [-0.15, -0.1) is 0 Å². The molecule has 1 heterocycles. The molecule has 4 nitrogen and oxygen atoms in total. The Morgan fingerprint density at radius 2 is 2.14 bits per heavy atom. The van der Waals surface area contributed by atoms with Gasteiger partial charge in [0.1, 0.15) is 0 Å². The molecular weight excluding hydrogens is 295 g/mol. The summed E-state index contributed by atoms with van der Waals surface area (Å²) in [6, 6.07) is -0.347. The number of hydrogen-bond donors (Lipinski definition) is 1. The molecule has 0 radical (unpaired) electrons. The van der Waals surface area contributed by atoms with Gasteiger partial charge < -0.3 is 15.4 Å². The number of hydrogen-bond acceptors (Lipinski definition) is 3. The van der Waals surface area contributed by atoms with Gasteiger partial charge in [0.15, 0.2) is 0 Å². The predicted molar refractivity (Wildman–Crippen MR) is 63.5 cm³/mol. The van der Waals surface area contributed by atoms with Crippen LogP contribution in [0.1, 0.15) is 13.3 Å². The minimum atomic E-state index is -0.347. The molecule has 1 aliphatic rings. The maximum Gasteiger partial charge on any atom is 0.239 e. The Labute approximate surface area is 98.3 Å². The van der Waals surface area contributed by atoms with Crippen molar-refractivity contribution < 1.29 is 9.53 Å². The largest absolute Gasteiger partial charge is 0.378 e. The minimum Gasteiger partial charge on any atom is -0.378 e. The van der Waals surface area contributed by atoms with E-state index in [0.717, 1.165) is 6.42 Å². The first-order valence-electron chi connectivity index (χ1n) is 4.87. The lowest BCUT2D eigenvalue weighted by atomic mass is 10.1. The van der Waals surface area contributed by atoms with Gasteiger partial charge in [0.25, 0.3) is 0 Å². The average molecular weight is 312 g/mol. The van der Waals surface area contributed by atoms with Crippen molar-refractivity contribution in [2.75, 3.05) is 26.3 Å². The van der Waals surface area contributed by atoms with E-state index < -0.39 is 0 Å².